The van der Waals surface area contributed by atoms with Gasteiger partial charge in [-0.3, -0.25) is 0 Å². The van der Waals surface area contributed by atoms with Crippen molar-refractivity contribution < 1.29 is 0 Å². The number of thioether (sulfide) groups is 3. The third-order valence-electron chi connectivity index (χ3n) is 1.89. The van der Waals surface area contributed by atoms with Crippen molar-refractivity contribution in [3.05, 3.63) is 22.0 Å². The standard InChI is InChI=1S/C9H14S7/c10-4-14-7-1-8(15-5-11)3-9(13,2-7)16-6-12/h1-2,10-13H,3-6H2. The Morgan fingerprint density at radius 3 is 2.38 bits per heavy atom. The molecule has 1 unspecified atom stereocenters. The summed E-state index contributed by atoms with van der Waals surface area (Å²) in [4.78, 5) is 2.58. The monoisotopic (exact) mass is 346 g/mol. The Labute approximate surface area is 132 Å². The molecule has 16 heavy (non-hydrogen) atoms. The highest BCUT2D eigenvalue weighted by atomic mass is 32.2. The van der Waals surface area contributed by atoms with Crippen molar-refractivity contribution in [2.24, 2.45) is 0 Å². The molecule has 92 valence electrons. The Kier molecular flexibility index (Phi) is 8.16. The fraction of sp³-hybridized carbons (Fsp3) is 0.556. The van der Waals surface area contributed by atoms with E-state index in [0.29, 0.717) is 0 Å². The first-order valence-corrected chi connectivity index (χ1v) is 9.81. The lowest BCUT2D eigenvalue weighted by Crippen LogP contribution is -2.17. The van der Waals surface area contributed by atoms with Crippen LogP contribution in [0.25, 0.3) is 0 Å². The van der Waals surface area contributed by atoms with Crippen molar-refractivity contribution in [3.8, 4) is 0 Å². The lowest BCUT2D eigenvalue weighted by Gasteiger charge is -2.29. The van der Waals surface area contributed by atoms with Crippen molar-refractivity contribution in [2.45, 2.75) is 10.5 Å². The van der Waals surface area contributed by atoms with Gasteiger partial charge in [-0.1, -0.05) is 0 Å². The van der Waals surface area contributed by atoms with Crippen LogP contribution in [-0.2, 0) is 0 Å². The van der Waals surface area contributed by atoms with E-state index >= 15 is 0 Å². The molecule has 0 saturated heterocycles. The molecule has 1 aliphatic carbocycles. The molecule has 0 aromatic heterocycles. The fourth-order valence-electron chi connectivity index (χ4n) is 1.31. The van der Waals surface area contributed by atoms with Crippen LogP contribution in [0.4, 0.5) is 0 Å². The van der Waals surface area contributed by atoms with Gasteiger partial charge in [0.1, 0.15) is 0 Å². The molecular formula is C9H14S7. The molecule has 0 radical (unpaired) electrons. The maximum atomic E-state index is 4.75. The largest absolute Gasteiger partial charge is 0.168 e. The molecule has 1 aliphatic rings. The van der Waals surface area contributed by atoms with Crippen LogP contribution in [0.5, 0.6) is 0 Å². The molecule has 0 nitrogen and oxygen atoms in total. The molecule has 0 spiro atoms. The second-order valence-corrected chi connectivity index (χ2v) is 9.79. The summed E-state index contributed by atoms with van der Waals surface area (Å²) in [5.41, 5.74) is 0. The minimum atomic E-state index is -0.132. The molecular weight excluding hydrogens is 333 g/mol. The lowest BCUT2D eigenvalue weighted by atomic mass is 10.2. The maximum Gasteiger partial charge on any atom is 0.0829 e. The van der Waals surface area contributed by atoms with E-state index in [1.165, 1.54) is 9.81 Å². The highest BCUT2D eigenvalue weighted by molar-refractivity contribution is 8.17. The summed E-state index contributed by atoms with van der Waals surface area (Å²) in [6, 6.07) is 0. The first-order valence-electron chi connectivity index (χ1n) is 4.51. The summed E-state index contributed by atoms with van der Waals surface area (Å²) in [5, 5.41) is 2.37. The molecule has 7 heteroatoms. The highest BCUT2D eigenvalue weighted by Crippen LogP contribution is 2.46. The van der Waals surface area contributed by atoms with E-state index in [0.717, 1.165) is 21.7 Å². The zero-order valence-corrected chi connectivity index (χ0v) is 14.5. The SMILES string of the molecule is SCSC1=CC(S)(SCS)CC(SCS)=C1. The van der Waals surface area contributed by atoms with Gasteiger partial charge in [-0.2, -0.15) is 50.5 Å². The average Bonchev–Trinajstić information content (AvgIpc) is 2.17. The zero-order chi connectivity index (χ0) is 12.0. The number of allylic oxidation sites excluding steroid dienone is 2. The fourth-order valence-corrected chi connectivity index (χ4v) is 6.25. The van der Waals surface area contributed by atoms with E-state index in [4.69, 9.17) is 12.6 Å². The first-order chi connectivity index (χ1) is 7.63. The Balaban J connectivity index is 2.81. The predicted molar refractivity (Wildman–Crippen MR) is 96.8 cm³/mol. The quantitative estimate of drug-likeness (QED) is 0.409. The van der Waals surface area contributed by atoms with Crippen LogP contribution in [0.3, 0.4) is 0 Å². The molecule has 0 heterocycles. The summed E-state index contributed by atoms with van der Waals surface area (Å²) >= 11 is 22.8. The summed E-state index contributed by atoms with van der Waals surface area (Å²) in [6.45, 7) is 0. The van der Waals surface area contributed by atoms with Gasteiger partial charge in [-0.15, -0.1) is 35.3 Å². The topological polar surface area (TPSA) is 0 Å². The normalized spacial score (nSPS) is 25.2. The molecule has 1 atom stereocenters. The number of hydrogen-bond donors (Lipinski definition) is 4. The molecule has 1 rings (SSSR count). The van der Waals surface area contributed by atoms with Crippen molar-refractivity contribution in [1.29, 1.82) is 0 Å². The Morgan fingerprint density at radius 1 is 1.12 bits per heavy atom. The van der Waals surface area contributed by atoms with Gasteiger partial charge in [0.05, 0.1) is 4.08 Å². The third kappa shape index (κ3) is 5.28. The number of hydrogen-bond acceptors (Lipinski definition) is 7. The molecule has 0 amide bonds. The Bertz CT molecular complexity index is 286. The van der Waals surface area contributed by atoms with Crippen molar-refractivity contribution in [3.63, 3.8) is 0 Å². The molecule has 0 bridgehead atoms. The molecule has 0 saturated carbocycles. The van der Waals surface area contributed by atoms with E-state index in [9.17, 15) is 0 Å². The minimum Gasteiger partial charge on any atom is -0.168 e. The van der Waals surface area contributed by atoms with E-state index in [1.54, 1.807) is 35.3 Å². The molecule has 0 fully saturated rings. The van der Waals surface area contributed by atoms with Crippen molar-refractivity contribution in [1.82, 2.24) is 0 Å². The van der Waals surface area contributed by atoms with Gasteiger partial charge < -0.3 is 0 Å². The van der Waals surface area contributed by atoms with Gasteiger partial charge in [-0.05, 0) is 17.1 Å². The Morgan fingerprint density at radius 2 is 1.81 bits per heavy atom. The van der Waals surface area contributed by atoms with E-state index in [2.05, 4.69) is 50.0 Å². The predicted octanol–water partition coefficient (Wildman–Crippen LogP) is 4.65. The van der Waals surface area contributed by atoms with Crippen molar-refractivity contribution >= 4 is 85.8 Å². The highest BCUT2D eigenvalue weighted by Gasteiger charge is 2.28. The zero-order valence-electron chi connectivity index (χ0n) is 8.50. The van der Waals surface area contributed by atoms with Crippen LogP contribution in [0.15, 0.2) is 22.0 Å². The van der Waals surface area contributed by atoms with Crippen LogP contribution in [0.1, 0.15) is 6.42 Å². The van der Waals surface area contributed by atoms with Crippen LogP contribution in [0, 0.1) is 0 Å². The summed E-state index contributed by atoms with van der Waals surface area (Å²) in [7, 11) is 0. The molecule has 0 aromatic carbocycles. The van der Waals surface area contributed by atoms with Crippen LogP contribution >= 0.6 is 85.8 Å². The number of rotatable bonds is 6. The third-order valence-corrected chi connectivity index (χ3v) is 6.08. The van der Waals surface area contributed by atoms with Gasteiger partial charge in [0.15, 0.2) is 0 Å². The molecule has 0 aliphatic heterocycles. The van der Waals surface area contributed by atoms with Crippen LogP contribution < -0.4 is 0 Å². The average molecular weight is 347 g/mol. The number of thiol groups is 4. The van der Waals surface area contributed by atoms with Gasteiger partial charge in [0, 0.05) is 26.6 Å². The Hall–Kier alpha value is 1.93. The maximum absolute atomic E-state index is 4.75. The van der Waals surface area contributed by atoms with Crippen LogP contribution in [0.2, 0.25) is 0 Å². The van der Waals surface area contributed by atoms with Crippen molar-refractivity contribution in [2.75, 3.05) is 15.3 Å². The smallest absolute Gasteiger partial charge is 0.0829 e. The van der Waals surface area contributed by atoms with Gasteiger partial charge >= 0.3 is 0 Å². The summed E-state index contributed by atoms with van der Waals surface area (Å²) in [5.74, 6) is 0. The summed E-state index contributed by atoms with van der Waals surface area (Å²) < 4.78 is -0.132. The van der Waals surface area contributed by atoms with Gasteiger partial charge in [0.25, 0.3) is 0 Å². The van der Waals surface area contributed by atoms with Gasteiger partial charge in [-0.25, -0.2) is 0 Å². The molecule has 0 N–H and O–H groups in total. The lowest BCUT2D eigenvalue weighted by molar-refractivity contribution is 0.982. The molecule has 0 aromatic rings. The minimum absolute atomic E-state index is 0.132. The first kappa shape index (κ1) is 16.0. The van der Waals surface area contributed by atoms with E-state index in [1.807, 2.05) is 0 Å². The summed E-state index contributed by atoms with van der Waals surface area (Å²) in [6.07, 6.45) is 5.37. The van der Waals surface area contributed by atoms with E-state index in [-0.39, 0.29) is 4.08 Å². The second kappa shape index (κ2) is 8.17. The van der Waals surface area contributed by atoms with Gasteiger partial charge in [0.2, 0.25) is 0 Å². The second-order valence-electron chi connectivity index (χ2n) is 3.00. The van der Waals surface area contributed by atoms with E-state index < -0.39 is 0 Å². The van der Waals surface area contributed by atoms with Crippen LogP contribution in [-0.4, -0.2) is 19.3 Å².